The number of aliphatic hydroxyl groups is 1. The summed E-state index contributed by atoms with van der Waals surface area (Å²) < 4.78 is 5.91. The molecule has 4 unspecified atom stereocenters. The van der Waals surface area contributed by atoms with Gasteiger partial charge in [0.1, 0.15) is 0 Å². The first kappa shape index (κ1) is 17.0. The van der Waals surface area contributed by atoms with E-state index in [9.17, 15) is 9.90 Å². The standard InChI is InChI=1S/C19H23ClN2O3/c20-15-5-2-1-4-14(15)19-9-3-6-16(18(19)24)25-17(22-19)8-7-12-10-13(23)11-21-12/h1-2,4-5,12-13,16,21,23H,3,6-11H2. The van der Waals surface area contributed by atoms with E-state index < -0.39 is 11.6 Å². The lowest BCUT2D eigenvalue weighted by Crippen LogP contribution is -2.51. The fraction of sp³-hybridized carbons (Fsp3) is 0.579. The minimum atomic E-state index is -0.891. The van der Waals surface area contributed by atoms with Crippen LogP contribution in [0.3, 0.4) is 0 Å². The number of ether oxygens (including phenoxy) is 1. The Labute approximate surface area is 152 Å². The lowest BCUT2D eigenvalue weighted by molar-refractivity contribution is -0.137. The van der Waals surface area contributed by atoms with Crippen LogP contribution in [0.2, 0.25) is 5.02 Å². The van der Waals surface area contributed by atoms with Crippen molar-refractivity contribution in [1.82, 2.24) is 5.32 Å². The molecule has 2 fully saturated rings. The molecule has 1 saturated carbocycles. The van der Waals surface area contributed by atoms with Crippen LogP contribution in [0, 0.1) is 0 Å². The number of hydrogen-bond acceptors (Lipinski definition) is 5. The molecule has 5 nitrogen and oxygen atoms in total. The number of carbonyl (C=O) groups is 1. The smallest absolute Gasteiger partial charge is 0.205 e. The summed E-state index contributed by atoms with van der Waals surface area (Å²) >= 11 is 6.41. The van der Waals surface area contributed by atoms with Gasteiger partial charge in [-0.15, -0.1) is 0 Å². The highest BCUT2D eigenvalue weighted by Crippen LogP contribution is 2.44. The topological polar surface area (TPSA) is 70.9 Å². The van der Waals surface area contributed by atoms with Crippen molar-refractivity contribution in [1.29, 1.82) is 0 Å². The van der Waals surface area contributed by atoms with E-state index in [4.69, 9.17) is 21.3 Å². The Hall–Kier alpha value is -1.43. The molecule has 2 aliphatic heterocycles. The highest BCUT2D eigenvalue weighted by Gasteiger charge is 2.51. The van der Waals surface area contributed by atoms with Crippen LogP contribution < -0.4 is 5.32 Å². The van der Waals surface area contributed by atoms with Crippen LogP contribution in [0.25, 0.3) is 0 Å². The lowest BCUT2D eigenvalue weighted by atomic mass is 9.74. The number of nitrogens with zero attached hydrogens (tertiary/aromatic N) is 1. The maximum Gasteiger partial charge on any atom is 0.205 e. The van der Waals surface area contributed by atoms with Crippen LogP contribution in [-0.2, 0) is 15.1 Å². The highest BCUT2D eigenvalue weighted by atomic mass is 35.5. The fourth-order valence-electron chi connectivity index (χ4n) is 4.25. The molecule has 1 aromatic carbocycles. The van der Waals surface area contributed by atoms with Gasteiger partial charge in [-0.1, -0.05) is 29.8 Å². The van der Waals surface area contributed by atoms with Gasteiger partial charge in [0.2, 0.25) is 5.78 Å². The molecule has 1 saturated heterocycles. The Kier molecular flexibility index (Phi) is 4.56. The molecule has 6 heteroatoms. The maximum absolute atomic E-state index is 13.0. The number of β-amino-alcohol motifs (C(OH)–C–C–N with tert-alkyl or cyclic N) is 1. The van der Waals surface area contributed by atoms with E-state index in [2.05, 4.69) is 5.32 Å². The van der Waals surface area contributed by atoms with Gasteiger partial charge < -0.3 is 15.2 Å². The van der Waals surface area contributed by atoms with E-state index in [1.54, 1.807) is 0 Å². The number of rotatable bonds is 4. The van der Waals surface area contributed by atoms with Crippen LogP contribution in [0.5, 0.6) is 0 Å². The van der Waals surface area contributed by atoms with Gasteiger partial charge in [-0.25, -0.2) is 4.99 Å². The van der Waals surface area contributed by atoms with Crippen molar-refractivity contribution in [2.75, 3.05) is 6.54 Å². The lowest BCUT2D eigenvalue weighted by Gasteiger charge is -2.41. The van der Waals surface area contributed by atoms with Gasteiger partial charge >= 0.3 is 0 Å². The molecule has 1 aromatic rings. The summed E-state index contributed by atoms with van der Waals surface area (Å²) in [5.74, 6) is 0.678. The summed E-state index contributed by atoms with van der Waals surface area (Å²) in [6.07, 6.45) is 3.90. The number of nitrogens with one attached hydrogen (secondary N) is 1. The third kappa shape index (κ3) is 3.09. The first-order valence-electron chi connectivity index (χ1n) is 9.04. The van der Waals surface area contributed by atoms with Crippen LogP contribution in [0.1, 0.15) is 44.1 Å². The van der Waals surface area contributed by atoms with Gasteiger partial charge in [0.25, 0.3) is 0 Å². The van der Waals surface area contributed by atoms with E-state index in [1.807, 2.05) is 24.3 Å². The van der Waals surface area contributed by atoms with Crippen molar-refractivity contribution in [3.63, 3.8) is 0 Å². The number of carbonyl (C=O) groups excluding carboxylic acids is 1. The van der Waals surface area contributed by atoms with E-state index in [0.29, 0.717) is 30.3 Å². The van der Waals surface area contributed by atoms with E-state index >= 15 is 0 Å². The van der Waals surface area contributed by atoms with E-state index in [1.165, 1.54) is 0 Å². The Morgan fingerprint density at radius 3 is 3.00 bits per heavy atom. The molecular weight excluding hydrogens is 340 g/mol. The first-order chi connectivity index (χ1) is 12.1. The van der Waals surface area contributed by atoms with Crippen molar-refractivity contribution in [3.05, 3.63) is 34.9 Å². The summed E-state index contributed by atoms with van der Waals surface area (Å²) in [4.78, 5) is 17.8. The molecule has 0 amide bonds. The van der Waals surface area contributed by atoms with Gasteiger partial charge in [0.05, 0.1) is 6.10 Å². The number of hydrogen-bond donors (Lipinski definition) is 2. The molecular formula is C19H23ClN2O3. The van der Waals surface area contributed by atoms with Gasteiger partial charge in [-0.3, -0.25) is 4.79 Å². The van der Waals surface area contributed by atoms with Crippen LogP contribution >= 0.6 is 11.6 Å². The number of Topliss-reactive ketones (excluding diaryl/α,β-unsaturated/α-hetero) is 1. The molecule has 0 radical (unpaired) electrons. The largest absolute Gasteiger partial charge is 0.470 e. The minimum absolute atomic E-state index is 0.0324. The zero-order valence-electron chi connectivity index (χ0n) is 14.1. The first-order valence-corrected chi connectivity index (χ1v) is 9.42. The summed E-state index contributed by atoms with van der Waals surface area (Å²) in [7, 11) is 0. The maximum atomic E-state index is 13.0. The third-order valence-electron chi connectivity index (χ3n) is 5.52. The van der Waals surface area contributed by atoms with Crippen LogP contribution in [0.4, 0.5) is 0 Å². The number of benzene rings is 1. The molecule has 3 aliphatic rings. The van der Waals surface area contributed by atoms with Crippen LogP contribution in [-0.4, -0.2) is 41.6 Å². The van der Waals surface area contributed by atoms with Crippen molar-refractivity contribution < 1.29 is 14.6 Å². The highest BCUT2D eigenvalue weighted by molar-refractivity contribution is 6.32. The van der Waals surface area contributed by atoms with E-state index in [-0.39, 0.29) is 17.9 Å². The van der Waals surface area contributed by atoms with Crippen molar-refractivity contribution in [2.24, 2.45) is 4.99 Å². The average molecular weight is 363 g/mol. The number of ketones is 1. The monoisotopic (exact) mass is 362 g/mol. The van der Waals surface area contributed by atoms with Crippen LogP contribution in [0.15, 0.2) is 29.3 Å². The molecule has 0 aromatic heterocycles. The number of fused-ring (bicyclic) bond motifs is 2. The van der Waals surface area contributed by atoms with Crippen molar-refractivity contribution >= 4 is 23.3 Å². The Bertz CT molecular complexity index is 708. The van der Waals surface area contributed by atoms with Crippen molar-refractivity contribution in [2.45, 2.75) is 62.3 Å². The molecule has 4 rings (SSSR count). The van der Waals surface area contributed by atoms with E-state index in [0.717, 1.165) is 31.2 Å². The SMILES string of the molecule is O=C1C2CCCC1(c1ccccc1Cl)N=C(CCC1CC(O)CN1)O2. The number of aliphatic imine (C=N–C) groups is 1. The van der Waals surface area contributed by atoms with Gasteiger partial charge in [0, 0.05) is 29.6 Å². The minimum Gasteiger partial charge on any atom is -0.470 e. The quantitative estimate of drug-likeness (QED) is 0.863. The number of halogens is 1. The molecule has 25 heavy (non-hydrogen) atoms. The molecule has 2 N–H and O–H groups in total. The number of aliphatic hydroxyl groups excluding tert-OH is 1. The second-order valence-electron chi connectivity index (χ2n) is 7.24. The van der Waals surface area contributed by atoms with Gasteiger partial charge in [0.15, 0.2) is 17.5 Å². The Morgan fingerprint density at radius 1 is 1.40 bits per heavy atom. The third-order valence-corrected chi connectivity index (χ3v) is 5.85. The fourth-order valence-corrected chi connectivity index (χ4v) is 4.54. The summed E-state index contributed by atoms with van der Waals surface area (Å²) in [6, 6.07) is 7.77. The Balaban J connectivity index is 1.61. The molecule has 1 aliphatic carbocycles. The normalized spacial score (nSPS) is 34.6. The zero-order chi connectivity index (χ0) is 17.4. The van der Waals surface area contributed by atoms with Gasteiger partial charge in [-0.05, 0) is 38.2 Å². The predicted molar refractivity (Wildman–Crippen MR) is 95.9 cm³/mol. The molecule has 4 atom stereocenters. The zero-order valence-corrected chi connectivity index (χ0v) is 14.8. The predicted octanol–water partition coefficient (Wildman–Crippen LogP) is 2.59. The summed E-state index contributed by atoms with van der Waals surface area (Å²) in [6.45, 7) is 0.642. The molecule has 2 heterocycles. The second kappa shape index (κ2) is 6.71. The second-order valence-corrected chi connectivity index (χ2v) is 7.65. The molecule has 0 spiro atoms. The summed E-state index contributed by atoms with van der Waals surface area (Å²) in [5, 5.41) is 13.5. The molecule has 2 bridgehead atoms. The summed E-state index contributed by atoms with van der Waals surface area (Å²) in [5.41, 5.74) is -0.0983. The Morgan fingerprint density at radius 2 is 2.24 bits per heavy atom. The van der Waals surface area contributed by atoms with Crippen molar-refractivity contribution in [3.8, 4) is 0 Å². The average Bonchev–Trinajstić information content (AvgIpc) is 3.00. The molecule has 134 valence electrons. The van der Waals surface area contributed by atoms with Gasteiger partial charge in [-0.2, -0.15) is 0 Å².